The lowest BCUT2D eigenvalue weighted by molar-refractivity contribution is 0.305. The smallest absolute Gasteiger partial charge is 0.150 e. The Labute approximate surface area is 119 Å². The van der Waals surface area contributed by atoms with Crippen LogP contribution < -0.4 is 0 Å². The Hall–Kier alpha value is -1.35. The fourth-order valence-corrected chi connectivity index (χ4v) is 3.01. The molecule has 0 spiro atoms. The molecule has 0 amide bonds. The molecule has 1 N–H and O–H groups in total. The molecule has 19 heavy (non-hydrogen) atoms. The second kappa shape index (κ2) is 7.29. The highest BCUT2D eigenvalue weighted by atomic mass is 32.2. The maximum Gasteiger partial charge on any atom is 0.150 e. The van der Waals surface area contributed by atoms with Crippen LogP contribution in [0.2, 0.25) is 0 Å². The predicted molar refractivity (Wildman–Crippen MR) is 76.7 cm³/mol. The lowest BCUT2D eigenvalue weighted by Gasteiger charge is -2.02. The molecule has 2 aromatic rings. The summed E-state index contributed by atoms with van der Waals surface area (Å²) < 4.78 is 14.8. The fourth-order valence-electron chi connectivity index (χ4n) is 1.38. The second-order valence-electron chi connectivity index (χ2n) is 3.67. The molecule has 5 heteroatoms. The van der Waals surface area contributed by atoms with Gasteiger partial charge in [0, 0.05) is 29.3 Å². The molecule has 0 bridgehead atoms. The van der Waals surface area contributed by atoms with Crippen LogP contribution in [0.5, 0.6) is 0 Å². The number of nitrogens with zero attached hydrogens (tertiary/aromatic N) is 1. The maximum absolute atomic E-state index is 13.8. The van der Waals surface area contributed by atoms with Gasteiger partial charge in [0.1, 0.15) is 10.2 Å². The van der Waals surface area contributed by atoms with Gasteiger partial charge < -0.3 is 5.11 Å². The SMILES string of the molecule is OCCC#Cc1ccc(CSc2nccs2)c(F)c1. The highest BCUT2D eigenvalue weighted by Gasteiger charge is 2.04. The van der Waals surface area contributed by atoms with E-state index in [2.05, 4.69) is 16.8 Å². The van der Waals surface area contributed by atoms with E-state index in [-0.39, 0.29) is 12.4 Å². The third-order valence-corrected chi connectivity index (χ3v) is 4.30. The third-order valence-electron chi connectivity index (χ3n) is 2.28. The van der Waals surface area contributed by atoms with Crippen LogP contribution in [0.4, 0.5) is 4.39 Å². The number of hydrogen-bond donors (Lipinski definition) is 1. The number of thiazole rings is 1. The number of thioether (sulfide) groups is 1. The van der Waals surface area contributed by atoms with E-state index < -0.39 is 0 Å². The average molecular weight is 293 g/mol. The third kappa shape index (κ3) is 4.35. The average Bonchev–Trinajstić information content (AvgIpc) is 2.91. The summed E-state index contributed by atoms with van der Waals surface area (Å²) in [7, 11) is 0. The van der Waals surface area contributed by atoms with Crippen molar-refractivity contribution in [1.29, 1.82) is 0 Å². The highest BCUT2D eigenvalue weighted by Crippen LogP contribution is 2.25. The summed E-state index contributed by atoms with van der Waals surface area (Å²) in [5.74, 6) is 5.90. The van der Waals surface area contributed by atoms with Crippen molar-refractivity contribution in [2.45, 2.75) is 16.5 Å². The summed E-state index contributed by atoms with van der Waals surface area (Å²) in [6.07, 6.45) is 2.15. The summed E-state index contributed by atoms with van der Waals surface area (Å²) in [6.45, 7) is 0.0258. The molecule has 2 nitrogen and oxygen atoms in total. The van der Waals surface area contributed by atoms with Gasteiger partial charge in [-0.2, -0.15) is 0 Å². The Morgan fingerprint density at radius 2 is 2.32 bits per heavy atom. The normalized spacial score (nSPS) is 10.0. The Balaban J connectivity index is 2.01. The van der Waals surface area contributed by atoms with Crippen molar-refractivity contribution in [1.82, 2.24) is 4.98 Å². The Bertz CT molecular complexity index is 587. The number of halogens is 1. The molecule has 0 aliphatic carbocycles. The molecule has 1 heterocycles. The van der Waals surface area contributed by atoms with Crippen molar-refractivity contribution in [3.8, 4) is 11.8 Å². The van der Waals surface area contributed by atoms with Gasteiger partial charge in [-0.3, -0.25) is 0 Å². The van der Waals surface area contributed by atoms with Gasteiger partial charge >= 0.3 is 0 Å². The lowest BCUT2D eigenvalue weighted by atomic mass is 10.1. The van der Waals surface area contributed by atoms with E-state index >= 15 is 0 Å². The maximum atomic E-state index is 13.8. The van der Waals surface area contributed by atoms with E-state index in [4.69, 9.17) is 5.11 Å². The van der Waals surface area contributed by atoms with E-state index in [0.717, 1.165) is 4.34 Å². The van der Waals surface area contributed by atoms with Crippen LogP contribution in [0.25, 0.3) is 0 Å². The zero-order valence-corrected chi connectivity index (χ0v) is 11.7. The van der Waals surface area contributed by atoms with Crippen molar-refractivity contribution >= 4 is 23.1 Å². The van der Waals surface area contributed by atoms with Gasteiger partial charge in [0.15, 0.2) is 0 Å². The van der Waals surface area contributed by atoms with Crippen molar-refractivity contribution in [2.24, 2.45) is 0 Å². The zero-order valence-electron chi connectivity index (χ0n) is 10.1. The number of aliphatic hydroxyl groups excluding tert-OH is 1. The van der Waals surface area contributed by atoms with Gasteiger partial charge in [-0.15, -0.1) is 11.3 Å². The quantitative estimate of drug-likeness (QED) is 0.693. The number of aliphatic hydroxyl groups is 1. The zero-order chi connectivity index (χ0) is 13.5. The fraction of sp³-hybridized carbons (Fsp3) is 0.214. The van der Waals surface area contributed by atoms with Crippen LogP contribution in [0.1, 0.15) is 17.5 Å². The minimum atomic E-state index is -0.250. The first-order chi connectivity index (χ1) is 9.29. The van der Waals surface area contributed by atoms with Crippen LogP contribution in [0.3, 0.4) is 0 Å². The van der Waals surface area contributed by atoms with E-state index in [1.54, 1.807) is 29.7 Å². The van der Waals surface area contributed by atoms with E-state index in [9.17, 15) is 4.39 Å². The second-order valence-corrected chi connectivity index (χ2v) is 5.79. The van der Waals surface area contributed by atoms with Crippen LogP contribution in [0, 0.1) is 17.7 Å². The van der Waals surface area contributed by atoms with Gasteiger partial charge in [0.2, 0.25) is 0 Å². The molecule has 98 valence electrons. The summed E-state index contributed by atoms with van der Waals surface area (Å²) in [6, 6.07) is 4.98. The highest BCUT2D eigenvalue weighted by molar-refractivity contribution is 8.00. The van der Waals surface area contributed by atoms with Crippen LogP contribution >= 0.6 is 23.1 Å². The molecule has 0 aliphatic heterocycles. The monoisotopic (exact) mass is 293 g/mol. The van der Waals surface area contributed by atoms with E-state index in [1.165, 1.54) is 17.8 Å². The van der Waals surface area contributed by atoms with Crippen molar-refractivity contribution in [3.63, 3.8) is 0 Å². The summed E-state index contributed by atoms with van der Waals surface area (Å²) >= 11 is 3.07. The molecule has 2 rings (SSSR count). The van der Waals surface area contributed by atoms with Gasteiger partial charge in [-0.25, -0.2) is 9.37 Å². The first-order valence-corrected chi connectivity index (χ1v) is 7.56. The summed E-state index contributed by atoms with van der Waals surface area (Å²) in [5, 5.41) is 10.5. The number of aromatic nitrogens is 1. The molecule has 0 fully saturated rings. The van der Waals surface area contributed by atoms with Crippen molar-refractivity contribution < 1.29 is 9.50 Å². The number of benzene rings is 1. The van der Waals surface area contributed by atoms with Gasteiger partial charge in [-0.1, -0.05) is 29.7 Å². The van der Waals surface area contributed by atoms with Gasteiger partial charge in [-0.05, 0) is 17.7 Å². The van der Waals surface area contributed by atoms with Gasteiger partial charge in [0.05, 0.1) is 6.61 Å². The molecule has 0 radical (unpaired) electrons. The Morgan fingerprint density at radius 1 is 1.42 bits per heavy atom. The van der Waals surface area contributed by atoms with Crippen molar-refractivity contribution in [3.05, 3.63) is 46.7 Å². The molecule has 0 saturated carbocycles. The lowest BCUT2D eigenvalue weighted by Crippen LogP contribution is -1.89. The molecule has 1 aromatic heterocycles. The van der Waals surface area contributed by atoms with E-state index in [1.807, 2.05) is 5.38 Å². The molecular weight excluding hydrogens is 281 g/mol. The molecule has 0 saturated heterocycles. The minimum absolute atomic E-state index is 0.0258. The Kier molecular flexibility index (Phi) is 5.40. The minimum Gasteiger partial charge on any atom is -0.395 e. The summed E-state index contributed by atoms with van der Waals surface area (Å²) in [5.41, 5.74) is 1.28. The largest absolute Gasteiger partial charge is 0.395 e. The van der Waals surface area contributed by atoms with Crippen molar-refractivity contribution in [2.75, 3.05) is 6.61 Å². The number of rotatable bonds is 4. The van der Waals surface area contributed by atoms with Gasteiger partial charge in [0.25, 0.3) is 0 Å². The van der Waals surface area contributed by atoms with E-state index in [0.29, 0.717) is 23.3 Å². The van der Waals surface area contributed by atoms with Crippen LogP contribution in [-0.4, -0.2) is 16.7 Å². The molecule has 0 atom stereocenters. The molecule has 0 unspecified atom stereocenters. The first kappa shape index (κ1) is 14.1. The predicted octanol–water partition coefficient (Wildman–Crippen LogP) is 3.31. The standard InChI is InChI=1S/C14H12FNOS2/c15-13-9-11(3-1-2-7-17)4-5-12(13)10-19-14-16-6-8-18-14/h4-6,8-9,17H,2,7,10H2. The molecule has 1 aromatic carbocycles. The number of hydrogen-bond acceptors (Lipinski definition) is 4. The Morgan fingerprint density at radius 3 is 3.00 bits per heavy atom. The molecular formula is C14H12FNOS2. The first-order valence-electron chi connectivity index (χ1n) is 5.70. The topological polar surface area (TPSA) is 33.1 Å². The van der Waals surface area contributed by atoms with Crippen LogP contribution in [0.15, 0.2) is 34.1 Å². The molecule has 0 aliphatic rings. The summed E-state index contributed by atoms with van der Waals surface area (Å²) in [4.78, 5) is 4.14. The van der Waals surface area contributed by atoms with Crippen LogP contribution in [-0.2, 0) is 5.75 Å².